The molecule has 0 bridgehead atoms. The molecule has 0 heterocycles. The van der Waals surface area contributed by atoms with Gasteiger partial charge in [0.05, 0.1) is 6.54 Å². The molecular weight excluding hydrogens is 352 g/mol. The van der Waals surface area contributed by atoms with Gasteiger partial charge in [0.25, 0.3) is 0 Å². The van der Waals surface area contributed by atoms with Crippen molar-refractivity contribution in [2.75, 3.05) is 0 Å². The van der Waals surface area contributed by atoms with Crippen LogP contribution in [0.15, 0.2) is 70.9 Å². The predicted octanol–water partition coefficient (Wildman–Crippen LogP) is 4.39. The van der Waals surface area contributed by atoms with Crippen LogP contribution in [0.2, 0.25) is 0 Å². The van der Waals surface area contributed by atoms with Gasteiger partial charge < -0.3 is 9.90 Å². The first-order valence-corrected chi connectivity index (χ1v) is 9.46. The van der Waals surface area contributed by atoms with Crippen molar-refractivity contribution in [3.63, 3.8) is 0 Å². The first-order chi connectivity index (χ1) is 13.3. The molecule has 28 heavy (non-hydrogen) atoms. The first kappa shape index (κ1) is 25.6. The van der Waals surface area contributed by atoms with Gasteiger partial charge in [0, 0.05) is 13.0 Å². The maximum atomic E-state index is 9.81. The van der Waals surface area contributed by atoms with E-state index in [1.807, 2.05) is 74.5 Å². The van der Waals surface area contributed by atoms with E-state index in [2.05, 4.69) is 15.7 Å². The van der Waals surface area contributed by atoms with Crippen molar-refractivity contribution < 1.29 is 9.90 Å². The third kappa shape index (κ3) is 14.7. The van der Waals surface area contributed by atoms with E-state index in [1.165, 1.54) is 5.56 Å². The number of benzene rings is 2. The van der Waals surface area contributed by atoms with Crippen LogP contribution in [0.4, 0.5) is 0 Å². The Kier molecular flexibility index (Phi) is 14.3. The van der Waals surface area contributed by atoms with Crippen molar-refractivity contribution in [2.45, 2.75) is 59.4 Å². The number of nitrogens with zero attached hydrogens (tertiary/aromatic N) is 2. The van der Waals surface area contributed by atoms with E-state index in [0.29, 0.717) is 19.4 Å². The Morgan fingerprint density at radius 2 is 1.50 bits per heavy atom. The van der Waals surface area contributed by atoms with Crippen LogP contribution in [0.1, 0.15) is 51.7 Å². The van der Waals surface area contributed by atoms with Crippen molar-refractivity contribution in [3.8, 4) is 0 Å². The molecule has 2 aromatic carbocycles. The molecule has 1 atom stereocenters. The van der Waals surface area contributed by atoms with Gasteiger partial charge in [-0.1, -0.05) is 74.5 Å². The standard InChI is InChI=1S/C11H16N2O.C7H10N2.C4H8O/c1-3-11(2,14)13-12-9-10-7-5-4-6-8-10;8-9-6-7-4-2-1-3-5-7;1-3-4(2)5/h4-8,14H,3,9H2,1-2H3;1-5,9H,6,8H2;3H2,1-2H3. The molecule has 2 rings (SSSR count). The maximum Gasteiger partial charge on any atom is 0.172 e. The summed E-state index contributed by atoms with van der Waals surface area (Å²) < 4.78 is 0. The average Bonchev–Trinajstić information content (AvgIpc) is 2.71. The number of hydrazine groups is 1. The van der Waals surface area contributed by atoms with Crippen LogP contribution in [0.3, 0.4) is 0 Å². The molecule has 0 aromatic heterocycles. The molecule has 0 amide bonds. The molecule has 154 valence electrons. The quantitative estimate of drug-likeness (QED) is 0.373. The SMILES string of the molecule is CCC(C)(O)N=NCc1ccccc1.CCC(C)=O.NNCc1ccccc1. The summed E-state index contributed by atoms with van der Waals surface area (Å²) in [5, 5.41) is 17.4. The van der Waals surface area contributed by atoms with Crippen LogP contribution < -0.4 is 11.3 Å². The Morgan fingerprint density at radius 3 is 1.89 bits per heavy atom. The number of hydrogen-bond acceptors (Lipinski definition) is 6. The van der Waals surface area contributed by atoms with Gasteiger partial charge in [-0.3, -0.25) is 11.3 Å². The number of ketones is 1. The number of carbonyl (C=O) groups excluding carboxylic acids is 1. The first-order valence-electron chi connectivity index (χ1n) is 9.46. The maximum absolute atomic E-state index is 9.81. The lowest BCUT2D eigenvalue weighted by Gasteiger charge is -2.12. The molecule has 0 fully saturated rings. The monoisotopic (exact) mass is 386 g/mol. The van der Waals surface area contributed by atoms with E-state index in [1.54, 1.807) is 13.8 Å². The van der Waals surface area contributed by atoms with Crippen molar-refractivity contribution >= 4 is 5.78 Å². The van der Waals surface area contributed by atoms with Gasteiger partial charge in [0.2, 0.25) is 0 Å². The van der Waals surface area contributed by atoms with Crippen LogP contribution in [-0.4, -0.2) is 16.6 Å². The number of carbonyl (C=O) groups is 1. The molecule has 0 saturated carbocycles. The highest BCUT2D eigenvalue weighted by Crippen LogP contribution is 2.11. The summed E-state index contributed by atoms with van der Waals surface area (Å²) in [5.41, 5.74) is 3.87. The summed E-state index contributed by atoms with van der Waals surface area (Å²) in [5.74, 6) is 5.37. The summed E-state index contributed by atoms with van der Waals surface area (Å²) >= 11 is 0. The second kappa shape index (κ2) is 15.6. The zero-order valence-electron chi connectivity index (χ0n) is 17.4. The normalized spacial score (nSPS) is 12.2. The molecule has 6 nitrogen and oxygen atoms in total. The largest absolute Gasteiger partial charge is 0.368 e. The molecule has 0 aliphatic heterocycles. The van der Waals surface area contributed by atoms with Crippen molar-refractivity contribution in [1.82, 2.24) is 5.43 Å². The summed E-state index contributed by atoms with van der Waals surface area (Å²) in [6.45, 7) is 8.23. The minimum atomic E-state index is -1.02. The van der Waals surface area contributed by atoms with Gasteiger partial charge in [0.15, 0.2) is 5.72 Å². The van der Waals surface area contributed by atoms with E-state index in [0.717, 1.165) is 12.1 Å². The van der Waals surface area contributed by atoms with E-state index >= 15 is 0 Å². The van der Waals surface area contributed by atoms with Gasteiger partial charge in [-0.05, 0) is 31.4 Å². The molecule has 0 saturated heterocycles. The number of aliphatic hydroxyl groups is 1. The van der Waals surface area contributed by atoms with Crippen LogP contribution >= 0.6 is 0 Å². The highest BCUT2D eigenvalue weighted by Gasteiger charge is 2.14. The summed E-state index contributed by atoms with van der Waals surface area (Å²) in [6.07, 6.45) is 1.24. The zero-order valence-corrected chi connectivity index (χ0v) is 17.4. The fraction of sp³-hybridized carbons (Fsp3) is 0.409. The Hall–Kier alpha value is -2.41. The van der Waals surface area contributed by atoms with Gasteiger partial charge in [-0.25, -0.2) is 0 Å². The predicted molar refractivity (Wildman–Crippen MR) is 114 cm³/mol. The van der Waals surface area contributed by atoms with Crippen LogP contribution in [0, 0.1) is 0 Å². The van der Waals surface area contributed by atoms with Gasteiger partial charge in [-0.2, -0.15) is 10.2 Å². The fourth-order valence-corrected chi connectivity index (χ4v) is 1.64. The van der Waals surface area contributed by atoms with E-state index in [9.17, 15) is 9.90 Å². The number of nitrogens with two attached hydrogens (primary N) is 1. The number of azo groups is 1. The van der Waals surface area contributed by atoms with Gasteiger partial charge in [-0.15, -0.1) is 0 Å². The molecule has 0 aliphatic rings. The topological polar surface area (TPSA) is 100 Å². The van der Waals surface area contributed by atoms with E-state index in [4.69, 9.17) is 5.84 Å². The number of nitrogens with one attached hydrogen (secondary N) is 1. The lowest BCUT2D eigenvalue weighted by Crippen LogP contribution is -2.20. The summed E-state index contributed by atoms with van der Waals surface area (Å²) in [7, 11) is 0. The van der Waals surface area contributed by atoms with Crippen LogP contribution in [0.5, 0.6) is 0 Å². The third-order valence-electron chi connectivity index (χ3n) is 3.70. The van der Waals surface area contributed by atoms with Crippen LogP contribution in [-0.2, 0) is 17.9 Å². The number of Topliss-reactive ketones (excluding diaryl/α,β-unsaturated/α-hetero) is 1. The van der Waals surface area contributed by atoms with Crippen molar-refractivity contribution in [2.24, 2.45) is 16.1 Å². The Bertz CT molecular complexity index is 659. The molecule has 0 spiro atoms. The lowest BCUT2D eigenvalue weighted by atomic mass is 10.2. The Morgan fingerprint density at radius 1 is 1.04 bits per heavy atom. The van der Waals surface area contributed by atoms with Gasteiger partial charge in [0.1, 0.15) is 5.78 Å². The number of rotatable bonds is 7. The highest BCUT2D eigenvalue weighted by atomic mass is 16.3. The fourth-order valence-electron chi connectivity index (χ4n) is 1.64. The van der Waals surface area contributed by atoms with Crippen molar-refractivity contribution in [3.05, 3.63) is 71.8 Å². The Balaban J connectivity index is 0.000000445. The summed E-state index contributed by atoms with van der Waals surface area (Å²) in [6, 6.07) is 19.9. The molecule has 2 aromatic rings. The lowest BCUT2D eigenvalue weighted by molar-refractivity contribution is -0.116. The minimum absolute atomic E-state index is 0.255. The molecule has 1 unspecified atom stereocenters. The minimum Gasteiger partial charge on any atom is -0.368 e. The molecular formula is C22H34N4O2. The molecule has 6 heteroatoms. The average molecular weight is 387 g/mol. The van der Waals surface area contributed by atoms with E-state index < -0.39 is 5.72 Å². The second-order valence-electron chi connectivity index (χ2n) is 6.38. The Labute approximate surface area is 168 Å². The van der Waals surface area contributed by atoms with Crippen LogP contribution in [0.25, 0.3) is 0 Å². The number of hydrogen-bond donors (Lipinski definition) is 3. The second-order valence-corrected chi connectivity index (χ2v) is 6.38. The molecule has 0 radical (unpaired) electrons. The summed E-state index contributed by atoms with van der Waals surface area (Å²) in [4.78, 5) is 9.81. The smallest absolute Gasteiger partial charge is 0.172 e. The third-order valence-corrected chi connectivity index (χ3v) is 3.70. The highest BCUT2D eigenvalue weighted by molar-refractivity contribution is 5.74. The molecule has 0 aliphatic carbocycles. The molecule has 4 N–H and O–H groups in total. The van der Waals surface area contributed by atoms with Gasteiger partial charge >= 0.3 is 0 Å². The van der Waals surface area contributed by atoms with Crippen molar-refractivity contribution in [1.29, 1.82) is 0 Å². The van der Waals surface area contributed by atoms with E-state index in [-0.39, 0.29) is 5.78 Å². The zero-order chi connectivity index (χ0) is 21.3.